The molecule has 1 heterocycles. The topological polar surface area (TPSA) is 106 Å². The molecule has 2 rings (SSSR count). The molecule has 0 saturated heterocycles. The number of hydrogen-bond donors (Lipinski definition) is 1. The number of halogens is 1. The summed E-state index contributed by atoms with van der Waals surface area (Å²) in [6.45, 7) is 0. The van der Waals surface area contributed by atoms with E-state index in [-0.39, 0.29) is 5.75 Å². The van der Waals surface area contributed by atoms with Gasteiger partial charge in [-0.05, 0) is 24.3 Å². The smallest absolute Gasteiger partial charge is 0.342 e. The third kappa shape index (κ3) is 3.51. The van der Waals surface area contributed by atoms with Crippen LogP contribution in [-0.2, 0) is 9.84 Å². The Bertz CT molecular complexity index is 790. The van der Waals surface area contributed by atoms with Gasteiger partial charge in [0, 0.05) is 6.26 Å². The second kappa shape index (κ2) is 5.44. The van der Waals surface area contributed by atoms with Crippen LogP contribution in [0, 0.1) is 5.82 Å². The van der Waals surface area contributed by atoms with Crippen LogP contribution in [0.1, 0.15) is 10.4 Å². The van der Waals surface area contributed by atoms with E-state index in [9.17, 15) is 17.6 Å². The molecule has 0 aliphatic rings. The highest BCUT2D eigenvalue weighted by atomic mass is 32.2. The van der Waals surface area contributed by atoms with Gasteiger partial charge in [0.1, 0.15) is 17.1 Å². The highest BCUT2D eigenvalue weighted by molar-refractivity contribution is 7.90. The molecular formula is C12H9FN2O5S. The van der Waals surface area contributed by atoms with Crippen LogP contribution in [0.5, 0.6) is 11.6 Å². The predicted molar refractivity (Wildman–Crippen MR) is 68.6 cm³/mol. The van der Waals surface area contributed by atoms with Crippen LogP contribution in [0.25, 0.3) is 0 Å². The number of carboxylic acid groups (broad SMARTS) is 1. The van der Waals surface area contributed by atoms with Gasteiger partial charge in [0.2, 0.25) is 20.9 Å². The summed E-state index contributed by atoms with van der Waals surface area (Å²) in [5, 5.41) is 8.45. The number of benzene rings is 1. The van der Waals surface area contributed by atoms with E-state index in [1.807, 2.05) is 0 Å². The number of hydrogen-bond acceptors (Lipinski definition) is 6. The molecular weight excluding hydrogens is 303 g/mol. The van der Waals surface area contributed by atoms with Crippen molar-refractivity contribution in [1.82, 2.24) is 9.97 Å². The van der Waals surface area contributed by atoms with Crippen LogP contribution < -0.4 is 4.74 Å². The molecule has 0 fully saturated rings. The number of rotatable bonds is 4. The van der Waals surface area contributed by atoms with E-state index >= 15 is 0 Å². The summed E-state index contributed by atoms with van der Waals surface area (Å²) in [5.41, 5.74) is -0.410. The standard InChI is InChI=1S/C12H9FN2O5S/c1-21(18,19)12-14-6-9(11(16)17)10(15-12)20-8-4-2-7(13)3-5-8/h2-6H,1H3,(H,16,17). The first-order valence-electron chi connectivity index (χ1n) is 5.51. The van der Waals surface area contributed by atoms with Gasteiger partial charge in [-0.1, -0.05) is 0 Å². The van der Waals surface area contributed by atoms with Crippen molar-refractivity contribution in [3.63, 3.8) is 0 Å². The van der Waals surface area contributed by atoms with E-state index in [1.54, 1.807) is 0 Å². The minimum atomic E-state index is -3.72. The molecule has 0 saturated carbocycles. The fraction of sp³-hybridized carbons (Fsp3) is 0.0833. The van der Waals surface area contributed by atoms with Gasteiger partial charge in [-0.2, -0.15) is 4.98 Å². The van der Waals surface area contributed by atoms with Crippen LogP contribution in [-0.4, -0.2) is 35.7 Å². The number of ether oxygens (including phenoxy) is 1. The molecule has 0 radical (unpaired) electrons. The fourth-order valence-corrected chi connectivity index (χ4v) is 1.86. The molecule has 0 amide bonds. The maximum absolute atomic E-state index is 12.8. The molecule has 1 N–H and O–H groups in total. The van der Waals surface area contributed by atoms with Gasteiger partial charge in [-0.3, -0.25) is 0 Å². The predicted octanol–water partition coefficient (Wildman–Crippen LogP) is 1.51. The van der Waals surface area contributed by atoms with Crippen molar-refractivity contribution >= 4 is 15.8 Å². The van der Waals surface area contributed by atoms with Gasteiger partial charge in [0.05, 0.1) is 6.20 Å². The van der Waals surface area contributed by atoms with Crippen molar-refractivity contribution in [3.05, 3.63) is 41.8 Å². The minimum Gasteiger partial charge on any atom is -0.477 e. The third-order valence-electron chi connectivity index (χ3n) is 2.32. The first kappa shape index (κ1) is 14.9. The number of carboxylic acids is 1. The SMILES string of the molecule is CS(=O)(=O)c1ncc(C(=O)O)c(Oc2ccc(F)cc2)n1. The summed E-state index contributed by atoms with van der Waals surface area (Å²) in [7, 11) is -3.72. The lowest BCUT2D eigenvalue weighted by Crippen LogP contribution is -2.09. The highest BCUT2D eigenvalue weighted by Gasteiger charge is 2.20. The second-order valence-corrected chi connectivity index (χ2v) is 5.91. The maximum atomic E-state index is 12.8. The number of sulfone groups is 1. The third-order valence-corrected chi connectivity index (χ3v) is 3.18. The summed E-state index contributed by atoms with van der Waals surface area (Å²) in [6, 6.07) is 4.72. The van der Waals surface area contributed by atoms with Gasteiger partial charge in [0.15, 0.2) is 0 Å². The Morgan fingerprint density at radius 3 is 2.43 bits per heavy atom. The zero-order chi connectivity index (χ0) is 15.6. The van der Waals surface area contributed by atoms with Crippen LogP contribution in [0.4, 0.5) is 4.39 Å². The average Bonchev–Trinajstić information content (AvgIpc) is 2.40. The number of aromatic nitrogens is 2. The Kier molecular flexibility index (Phi) is 3.85. The molecule has 21 heavy (non-hydrogen) atoms. The van der Waals surface area contributed by atoms with Crippen molar-refractivity contribution in [1.29, 1.82) is 0 Å². The first-order chi connectivity index (χ1) is 9.77. The van der Waals surface area contributed by atoms with Crippen LogP contribution in [0.15, 0.2) is 35.6 Å². The van der Waals surface area contributed by atoms with E-state index in [1.165, 1.54) is 12.1 Å². The lowest BCUT2D eigenvalue weighted by Gasteiger charge is -2.08. The van der Waals surface area contributed by atoms with Crippen LogP contribution in [0.2, 0.25) is 0 Å². The van der Waals surface area contributed by atoms with Crippen molar-refractivity contribution in [2.45, 2.75) is 5.16 Å². The normalized spacial score (nSPS) is 11.1. The minimum absolute atomic E-state index is 0.108. The van der Waals surface area contributed by atoms with Gasteiger partial charge in [-0.15, -0.1) is 0 Å². The molecule has 7 nitrogen and oxygen atoms in total. The lowest BCUT2D eigenvalue weighted by molar-refractivity contribution is 0.0692. The Balaban J connectivity index is 2.48. The molecule has 2 aromatic rings. The number of nitrogens with zero attached hydrogens (tertiary/aromatic N) is 2. The Labute approximate surface area is 119 Å². The molecule has 110 valence electrons. The monoisotopic (exact) mass is 312 g/mol. The molecule has 9 heteroatoms. The molecule has 0 bridgehead atoms. The van der Waals surface area contributed by atoms with E-state index in [0.29, 0.717) is 0 Å². The summed E-state index contributed by atoms with van der Waals surface area (Å²) in [4.78, 5) is 18.1. The molecule has 1 aromatic carbocycles. The Morgan fingerprint density at radius 2 is 1.90 bits per heavy atom. The molecule has 0 aliphatic carbocycles. The van der Waals surface area contributed by atoms with Crippen molar-refractivity contribution in [2.24, 2.45) is 0 Å². The first-order valence-corrected chi connectivity index (χ1v) is 7.40. The quantitative estimate of drug-likeness (QED) is 0.853. The maximum Gasteiger partial charge on any atom is 0.342 e. The van der Waals surface area contributed by atoms with Gasteiger partial charge in [0.25, 0.3) is 0 Å². The zero-order valence-corrected chi connectivity index (χ0v) is 11.5. The van der Waals surface area contributed by atoms with E-state index in [2.05, 4.69) is 9.97 Å². The van der Waals surface area contributed by atoms with E-state index < -0.39 is 38.2 Å². The van der Waals surface area contributed by atoms with Gasteiger partial charge < -0.3 is 9.84 Å². The van der Waals surface area contributed by atoms with Crippen LogP contribution in [0.3, 0.4) is 0 Å². The Morgan fingerprint density at radius 1 is 1.29 bits per heavy atom. The highest BCUT2D eigenvalue weighted by Crippen LogP contribution is 2.24. The molecule has 1 aromatic heterocycles. The summed E-state index contributed by atoms with van der Waals surface area (Å²) < 4.78 is 40.8. The van der Waals surface area contributed by atoms with E-state index in [0.717, 1.165) is 24.6 Å². The number of carbonyl (C=O) groups is 1. The zero-order valence-electron chi connectivity index (χ0n) is 10.6. The van der Waals surface area contributed by atoms with E-state index in [4.69, 9.17) is 9.84 Å². The molecule has 0 unspecified atom stereocenters. The molecule has 0 aliphatic heterocycles. The lowest BCUT2D eigenvalue weighted by atomic mass is 10.3. The summed E-state index contributed by atoms with van der Waals surface area (Å²) in [5.74, 6) is -2.21. The summed E-state index contributed by atoms with van der Waals surface area (Å²) in [6.07, 6.45) is 1.72. The number of aromatic carboxylic acids is 1. The fourth-order valence-electron chi connectivity index (χ4n) is 1.37. The average molecular weight is 312 g/mol. The van der Waals surface area contributed by atoms with Crippen molar-refractivity contribution in [2.75, 3.05) is 6.26 Å². The summed E-state index contributed by atoms with van der Waals surface area (Å²) >= 11 is 0. The van der Waals surface area contributed by atoms with Gasteiger partial charge in [-0.25, -0.2) is 22.6 Å². The van der Waals surface area contributed by atoms with Crippen LogP contribution >= 0.6 is 0 Å². The second-order valence-electron chi connectivity index (χ2n) is 4.00. The molecule has 0 atom stereocenters. The largest absolute Gasteiger partial charge is 0.477 e. The van der Waals surface area contributed by atoms with Crippen molar-refractivity contribution in [3.8, 4) is 11.6 Å². The Hall–Kier alpha value is -2.55. The van der Waals surface area contributed by atoms with Crippen molar-refractivity contribution < 1.29 is 27.4 Å². The van der Waals surface area contributed by atoms with Gasteiger partial charge >= 0.3 is 5.97 Å². The molecule has 0 spiro atoms.